The molecule has 0 bridgehead atoms. The normalized spacial score (nSPS) is 11.1. The first kappa shape index (κ1) is 22.3. The van der Waals surface area contributed by atoms with Crippen LogP contribution in [0.3, 0.4) is 0 Å². The third-order valence-corrected chi connectivity index (χ3v) is 5.60. The molecule has 0 saturated carbocycles. The minimum Gasteiger partial charge on any atom is -0.372 e. The lowest BCUT2D eigenvalue weighted by Crippen LogP contribution is -2.24. The number of hydrogen-bond acceptors (Lipinski definition) is 6. The fraction of sp³-hybridized carbons (Fsp3) is 0.316. The van der Waals surface area contributed by atoms with Crippen LogP contribution in [0.25, 0.3) is 0 Å². The third kappa shape index (κ3) is 5.75. The molecule has 2 rings (SSSR count). The van der Waals surface area contributed by atoms with Gasteiger partial charge in [-0.25, -0.2) is 13.1 Å². The number of anilines is 2. The van der Waals surface area contributed by atoms with E-state index in [9.17, 15) is 23.3 Å². The van der Waals surface area contributed by atoms with Crippen molar-refractivity contribution in [3.63, 3.8) is 0 Å². The number of sulfonamides is 1. The van der Waals surface area contributed by atoms with Crippen molar-refractivity contribution in [1.29, 1.82) is 0 Å². The molecule has 0 unspecified atom stereocenters. The second-order valence-corrected chi connectivity index (χ2v) is 8.36. The number of unbranched alkanes of at least 4 members (excludes halogenated alkanes) is 1. The number of hydrogen-bond donors (Lipinski definition) is 2. The topological polar surface area (TPSA) is 122 Å². The first-order valence-electron chi connectivity index (χ1n) is 9.02. The molecule has 0 aromatic heterocycles. The van der Waals surface area contributed by atoms with Gasteiger partial charge in [0.15, 0.2) is 0 Å². The van der Waals surface area contributed by atoms with Crippen molar-refractivity contribution in [2.75, 3.05) is 30.9 Å². The van der Waals surface area contributed by atoms with Crippen LogP contribution in [0.5, 0.6) is 0 Å². The standard InChI is InChI=1S/C19H24N4O5S/c1-4-5-11-20-29(27,28)16-8-6-7-15(13-16)21-19(24)14-9-10-17(22(2)3)18(12-14)23(25)26/h6-10,12-13,20H,4-5,11H2,1-3H3,(H,21,24). The van der Waals surface area contributed by atoms with Gasteiger partial charge >= 0.3 is 0 Å². The molecule has 10 heteroatoms. The Morgan fingerprint density at radius 2 is 1.90 bits per heavy atom. The molecule has 0 aliphatic heterocycles. The average molecular weight is 420 g/mol. The number of benzene rings is 2. The number of amides is 1. The second-order valence-electron chi connectivity index (χ2n) is 6.59. The zero-order valence-corrected chi connectivity index (χ0v) is 17.3. The van der Waals surface area contributed by atoms with Crippen molar-refractivity contribution >= 4 is 33.0 Å². The first-order chi connectivity index (χ1) is 13.7. The summed E-state index contributed by atoms with van der Waals surface area (Å²) in [5.74, 6) is -0.577. The third-order valence-electron chi connectivity index (χ3n) is 4.14. The highest BCUT2D eigenvalue weighted by atomic mass is 32.2. The van der Waals surface area contributed by atoms with Gasteiger partial charge in [-0.1, -0.05) is 19.4 Å². The molecule has 0 spiro atoms. The Morgan fingerprint density at radius 1 is 1.17 bits per heavy atom. The van der Waals surface area contributed by atoms with Crippen LogP contribution in [-0.4, -0.2) is 39.9 Å². The van der Waals surface area contributed by atoms with Gasteiger partial charge in [0.2, 0.25) is 10.0 Å². The Labute approximate surface area is 169 Å². The van der Waals surface area contributed by atoms with Crippen LogP contribution in [0.15, 0.2) is 47.4 Å². The van der Waals surface area contributed by atoms with Crippen LogP contribution in [0.4, 0.5) is 17.1 Å². The van der Waals surface area contributed by atoms with Crippen molar-refractivity contribution in [1.82, 2.24) is 4.72 Å². The molecule has 2 N–H and O–H groups in total. The fourth-order valence-corrected chi connectivity index (χ4v) is 3.72. The lowest BCUT2D eigenvalue weighted by Gasteiger charge is -2.13. The Hall–Kier alpha value is -2.98. The molecule has 0 atom stereocenters. The molecule has 0 radical (unpaired) electrons. The molecular formula is C19H24N4O5S. The smallest absolute Gasteiger partial charge is 0.293 e. The van der Waals surface area contributed by atoms with Crippen LogP contribution in [0.2, 0.25) is 0 Å². The van der Waals surface area contributed by atoms with Gasteiger partial charge in [-0.2, -0.15) is 0 Å². The molecule has 2 aromatic carbocycles. The van der Waals surface area contributed by atoms with E-state index in [1.54, 1.807) is 25.1 Å². The van der Waals surface area contributed by atoms with E-state index in [0.29, 0.717) is 12.2 Å². The number of nitrogens with one attached hydrogen (secondary N) is 2. The molecule has 29 heavy (non-hydrogen) atoms. The monoisotopic (exact) mass is 420 g/mol. The number of nitro groups is 1. The Morgan fingerprint density at radius 3 is 2.52 bits per heavy atom. The van der Waals surface area contributed by atoms with E-state index in [4.69, 9.17) is 0 Å². The van der Waals surface area contributed by atoms with Crippen molar-refractivity contribution in [2.24, 2.45) is 0 Å². The summed E-state index contributed by atoms with van der Waals surface area (Å²) < 4.78 is 27.2. The summed E-state index contributed by atoms with van der Waals surface area (Å²) in [5.41, 5.74) is 0.543. The second kappa shape index (κ2) is 9.48. The maximum absolute atomic E-state index is 12.5. The van der Waals surface area contributed by atoms with Crippen LogP contribution < -0.4 is 14.9 Å². The van der Waals surface area contributed by atoms with Gasteiger partial charge in [-0.3, -0.25) is 14.9 Å². The van der Waals surface area contributed by atoms with Crippen LogP contribution in [0, 0.1) is 10.1 Å². The van der Waals surface area contributed by atoms with Crippen LogP contribution in [0.1, 0.15) is 30.1 Å². The Balaban J connectivity index is 2.23. The number of rotatable bonds is 9. The molecular weight excluding hydrogens is 396 g/mol. The molecule has 0 fully saturated rings. The van der Waals surface area contributed by atoms with E-state index >= 15 is 0 Å². The fourth-order valence-electron chi connectivity index (χ4n) is 2.60. The average Bonchev–Trinajstić information content (AvgIpc) is 2.67. The van der Waals surface area contributed by atoms with E-state index in [1.165, 1.54) is 36.4 Å². The van der Waals surface area contributed by atoms with E-state index in [1.807, 2.05) is 6.92 Å². The predicted octanol–water partition coefficient (Wildman–Crippen LogP) is 2.99. The van der Waals surface area contributed by atoms with E-state index < -0.39 is 20.9 Å². The van der Waals surface area contributed by atoms with Gasteiger partial charge in [0.05, 0.1) is 9.82 Å². The number of nitrogens with zero attached hydrogens (tertiary/aromatic N) is 2. The summed E-state index contributed by atoms with van der Waals surface area (Å²) >= 11 is 0. The molecule has 0 aliphatic rings. The van der Waals surface area contributed by atoms with Crippen LogP contribution >= 0.6 is 0 Å². The maximum atomic E-state index is 12.5. The van der Waals surface area contributed by atoms with Gasteiger partial charge in [0, 0.05) is 38.0 Å². The minimum atomic E-state index is -3.68. The van der Waals surface area contributed by atoms with Gasteiger partial charge in [-0.15, -0.1) is 0 Å². The van der Waals surface area contributed by atoms with Crippen molar-refractivity contribution in [3.05, 3.63) is 58.1 Å². The predicted molar refractivity (Wildman–Crippen MR) is 112 cm³/mol. The zero-order valence-electron chi connectivity index (χ0n) is 16.5. The molecule has 2 aromatic rings. The first-order valence-corrected chi connectivity index (χ1v) is 10.5. The highest BCUT2D eigenvalue weighted by Crippen LogP contribution is 2.28. The molecule has 0 heterocycles. The van der Waals surface area contributed by atoms with Crippen molar-refractivity contribution < 1.29 is 18.1 Å². The molecule has 0 aliphatic carbocycles. The van der Waals surface area contributed by atoms with Gasteiger partial charge in [-0.05, 0) is 36.8 Å². The molecule has 156 valence electrons. The summed E-state index contributed by atoms with van der Waals surface area (Å²) in [6.45, 7) is 2.29. The van der Waals surface area contributed by atoms with Gasteiger partial charge < -0.3 is 10.2 Å². The minimum absolute atomic E-state index is 0.0281. The molecule has 9 nitrogen and oxygen atoms in total. The highest BCUT2D eigenvalue weighted by Gasteiger charge is 2.19. The maximum Gasteiger partial charge on any atom is 0.293 e. The number of carbonyl (C=O) groups is 1. The molecule has 1 amide bonds. The summed E-state index contributed by atoms with van der Waals surface area (Å²) in [4.78, 5) is 24.9. The summed E-state index contributed by atoms with van der Waals surface area (Å²) in [6, 6.07) is 10.00. The number of carbonyl (C=O) groups excluding carboxylic acids is 1. The lowest BCUT2D eigenvalue weighted by atomic mass is 10.1. The van der Waals surface area contributed by atoms with E-state index in [-0.39, 0.29) is 21.8 Å². The quantitative estimate of drug-likeness (QED) is 0.365. The van der Waals surface area contributed by atoms with Gasteiger partial charge in [0.1, 0.15) is 5.69 Å². The number of nitro benzene ring substituents is 1. The summed E-state index contributed by atoms with van der Waals surface area (Å²) in [6.07, 6.45) is 1.58. The molecule has 0 saturated heterocycles. The van der Waals surface area contributed by atoms with Gasteiger partial charge in [0.25, 0.3) is 11.6 Å². The van der Waals surface area contributed by atoms with Crippen molar-refractivity contribution in [2.45, 2.75) is 24.7 Å². The largest absolute Gasteiger partial charge is 0.372 e. The Bertz CT molecular complexity index is 1010. The zero-order chi connectivity index (χ0) is 21.6. The van der Waals surface area contributed by atoms with Crippen LogP contribution in [-0.2, 0) is 10.0 Å². The highest BCUT2D eigenvalue weighted by molar-refractivity contribution is 7.89. The van der Waals surface area contributed by atoms with E-state index in [2.05, 4.69) is 10.0 Å². The SMILES string of the molecule is CCCCNS(=O)(=O)c1cccc(NC(=O)c2ccc(N(C)C)c([N+](=O)[O-])c2)c1. The Kier molecular flexibility index (Phi) is 7.29. The lowest BCUT2D eigenvalue weighted by molar-refractivity contribution is -0.384. The summed E-state index contributed by atoms with van der Waals surface area (Å²) in [7, 11) is -0.346. The summed E-state index contributed by atoms with van der Waals surface area (Å²) in [5, 5.41) is 13.9. The van der Waals surface area contributed by atoms with E-state index in [0.717, 1.165) is 12.8 Å². The van der Waals surface area contributed by atoms with Crippen molar-refractivity contribution in [3.8, 4) is 0 Å².